The minimum atomic E-state index is 0.00250. The molecule has 134 valence electrons. The van der Waals surface area contributed by atoms with Gasteiger partial charge in [0.05, 0.1) is 12.1 Å². The molecule has 0 radical (unpaired) electrons. The van der Waals surface area contributed by atoms with E-state index >= 15 is 0 Å². The van der Waals surface area contributed by atoms with Gasteiger partial charge in [-0.15, -0.1) is 0 Å². The average molecular weight is 349 g/mol. The molecule has 0 atom stereocenters. The number of rotatable bonds is 4. The summed E-state index contributed by atoms with van der Waals surface area (Å²) in [6.07, 6.45) is 1.71. The predicted octanol–water partition coefficient (Wildman–Crippen LogP) is 2.33. The number of pyridine rings is 1. The number of nitriles is 1. The first-order valence-electron chi connectivity index (χ1n) is 8.76. The second-order valence-electron chi connectivity index (χ2n) is 6.62. The van der Waals surface area contributed by atoms with E-state index in [2.05, 4.69) is 26.2 Å². The molecule has 6 heteroatoms. The van der Waals surface area contributed by atoms with E-state index in [1.54, 1.807) is 18.3 Å². The maximum atomic E-state index is 12.4. The fraction of sp³-hybridized carbons (Fsp3) is 0.350. The predicted molar refractivity (Wildman–Crippen MR) is 102 cm³/mol. The van der Waals surface area contributed by atoms with Crippen molar-refractivity contribution < 1.29 is 4.79 Å². The van der Waals surface area contributed by atoms with E-state index < -0.39 is 0 Å². The Hall–Kier alpha value is -2.91. The molecule has 1 aromatic carbocycles. The number of anilines is 2. The molecule has 0 spiro atoms. The van der Waals surface area contributed by atoms with Crippen LogP contribution in [0.3, 0.4) is 0 Å². The summed E-state index contributed by atoms with van der Waals surface area (Å²) in [7, 11) is 0. The zero-order chi connectivity index (χ0) is 18.5. The third kappa shape index (κ3) is 4.19. The monoisotopic (exact) mass is 349 g/mol. The van der Waals surface area contributed by atoms with Gasteiger partial charge in [0, 0.05) is 38.1 Å². The van der Waals surface area contributed by atoms with Crippen molar-refractivity contribution in [3.63, 3.8) is 0 Å². The minimum Gasteiger partial charge on any atom is -0.353 e. The van der Waals surface area contributed by atoms with E-state index in [4.69, 9.17) is 0 Å². The van der Waals surface area contributed by atoms with Gasteiger partial charge in [0.25, 0.3) is 0 Å². The molecule has 2 heterocycles. The van der Waals surface area contributed by atoms with E-state index in [0.29, 0.717) is 12.1 Å². The number of carbonyl (C=O) groups excluding carboxylic acids is 1. The number of hydrogen-bond acceptors (Lipinski definition) is 5. The van der Waals surface area contributed by atoms with Crippen molar-refractivity contribution in [1.29, 1.82) is 5.26 Å². The SMILES string of the molecule is Cc1ccc(C)c(NC(=O)CN2CCN(c3ncccc3C#N)CC2)c1. The highest BCUT2D eigenvalue weighted by Crippen LogP contribution is 2.19. The molecular formula is C20H23N5O. The fourth-order valence-electron chi connectivity index (χ4n) is 3.12. The molecule has 0 aliphatic carbocycles. The molecule has 1 aromatic heterocycles. The highest BCUT2D eigenvalue weighted by Gasteiger charge is 2.21. The Morgan fingerprint density at radius 3 is 2.73 bits per heavy atom. The number of benzene rings is 1. The van der Waals surface area contributed by atoms with Crippen molar-refractivity contribution >= 4 is 17.4 Å². The number of hydrogen-bond donors (Lipinski definition) is 1. The maximum Gasteiger partial charge on any atom is 0.238 e. The van der Waals surface area contributed by atoms with Crippen LogP contribution in [0.5, 0.6) is 0 Å². The number of carbonyl (C=O) groups is 1. The summed E-state index contributed by atoms with van der Waals surface area (Å²) in [6, 6.07) is 11.8. The number of amides is 1. The maximum absolute atomic E-state index is 12.4. The van der Waals surface area contributed by atoms with Gasteiger partial charge in [0.1, 0.15) is 11.9 Å². The number of aryl methyl sites for hydroxylation is 2. The van der Waals surface area contributed by atoms with Crippen LogP contribution in [0.15, 0.2) is 36.5 Å². The van der Waals surface area contributed by atoms with Crippen molar-refractivity contribution in [1.82, 2.24) is 9.88 Å². The molecule has 1 amide bonds. The number of aromatic nitrogens is 1. The normalized spacial score (nSPS) is 14.7. The van der Waals surface area contributed by atoms with Crippen LogP contribution in [0, 0.1) is 25.2 Å². The standard InChI is InChI=1S/C20H23N5O/c1-15-5-6-16(2)18(12-15)23-19(26)14-24-8-10-25(11-9-24)20-17(13-21)4-3-7-22-20/h3-7,12H,8-11,14H2,1-2H3,(H,23,26). The lowest BCUT2D eigenvalue weighted by atomic mass is 10.1. The minimum absolute atomic E-state index is 0.00250. The molecule has 0 unspecified atom stereocenters. The first-order valence-corrected chi connectivity index (χ1v) is 8.76. The van der Waals surface area contributed by atoms with Gasteiger partial charge < -0.3 is 10.2 Å². The molecule has 1 fully saturated rings. The van der Waals surface area contributed by atoms with Gasteiger partial charge in [-0.1, -0.05) is 12.1 Å². The lowest BCUT2D eigenvalue weighted by Crippen LogP contribution is -2.49. The largest absolute Gasteiger partial charge is 0.353 e. The molecule has 26 heavy (non-hydrogen) atoms. The van der Waals surface area contributed by atoms with Crippen LogP contribution in [0.25, 0.3) is 0 Å². The topological polar surface area (TPSA) is 72.3 Å². The molecule has 0 saturated carbocycles. The Balaban J connectivity index is 1.55. The number of nitrogens with one attached hydrogen (secondary N) is 1. The Morgan fingerprint density at radius 2 is 2.00 bits per heavy atom. The summed E-state index contributed by atoms with van der Waals surface area (Å²) in [5.41, 5.74) is 3.66. The van der Waals surface area contributed by atoms with Crippen LogP contribution < -0.4 is 10.2 Å². The lowest BCUT2D eigenvalue weighted by molar-refractivity contribution is -0.117. The molecule has 0 bridgehead atoms. The first-order chi connectivity index (χ1) is 12.6. The van der Waals surface area contributed by atoms with Crippen molar-refractivity contribution in [3.05, 3.63) is 53.2 Å². The third-order valence-electron chi connectivity index (χ3n) is 4.61. The highest BCUT2D eigenvalue weighted by atomic mass is 16.2. The van der Waals surface area contributed by atoms with E-state index in [1.807, 2.05) is 32.0 Å². The molecule has 6 nitrogen and oxygen atoms in total. The molecule has 1 aliphatic rings. The average Bonchev–Trinajstić information content (AvgIpc) is 2.65. The van der Waals surface area contributed by atoms with Gasteiger partial charge in [-0.05, 0) is 43.2 Å². The summed E-state index contributed by atoms with van der Waals surface area (Å²) in [5.74, 6) is 0.734. The van der Waals surface area contributed by atoms with Gasteiger partial charge in [-0.3, -0.25) is 9.69 Å². The van der Waals surface area contributed by atoms with Gasteiger partial charge in [-0.25, -0.2) is 4.98 Å². The van der Waals surface area contributed by atoms with Crippen LogP contribution in [0.2, 0.25) is 0 Å². The van der Waals surface area contributed by atoms with Crippen molar-refractivity contribution in [2.24, 2.45) is 0 Å². The second-order valence-corrected chi connectivity index (χ2v) is 6.62. The second kappa shape index (κ2) is 7.98. The van der Waals surface area contributed by atoms with E-state index in [9.17, 15) is 10.1 Å². The molecule has 1 aliphatic heterocycles. The van der Waals surface area contributed by atoms with Crippen molar-refractivity contribution in [2.45, 2.75) is 13.8 Å². The fourth-order valence-corrected chi connectivity index (χ4v) is 3.12. The molecular weight excluding hydrogens is 326 g/mol. The van der Waals surface area contributed by atoms with Gasteiger partial charge in [-0.2, -0.15) is 5.26 Å². The summed E-state index contributed by atoms with van der Waals surface area (Å²) in [6.45, 7) is 7.41. The Morgan fingerprint density at radius 1 is 1.23 bits per heavy atom. The summed E-state index contributed by atoms with van der Waals surface area (Å²) in [4.78, 5) is 21.0. The van der Waals surface area contributed by atoms with Crippen molar-refractivity contribution in [2.75, 3.05) is 42.9 Å². The van der Waals surface area contributed by atoms with Crippen molar-refractivity contribution in [3.8, 4) is 6.07 Å². The van der Waals surface area contributed by atoms with Gasteiger partial charge in [0.2, 0.25) is 5.91 Å². The Kier molecular flexibility index (Phi) is 5.49. The first kappa shape index (κ1) is 17.9. The highest BCUT2D eigenvalue weighted by molar-refractivity contribution is 5.93. The van der Waals surface area contributed by atoms with Crippen LogP contribution in [0.4, 0.5) is 11.5 Å². The molecule has 3 rings (SSSR count). The third-order valence-corrected chi connectivity index (χ3v) is 4.61. The zero-order valence-electron chi connectivity index (χ0n) is 15.2. The van der Waals surface area contributed by atoms with Crippen LogP contribution in [-0.4, -0.2) is 48.5 Å². The van der Waals surface area contributed by atoms with E-state index in [1.165, 1.54) is 0 Å². The van der Waals surface area contributed by atoms with Gasteiger partial charge >= 0.3 is 0 Å². The van der Waals surface area contributed by atoms with E-state index in [0.717, 1.165) is 48.8 Å². The van der Waals surface area contributed by atoms with Crippen LogP contribution in [-0.2, 0) is 4.79 Å². The van der Waals surface area contributed by atoms with Crippen LogP contribution in [0.1, 0.15) is 16.7 Å². The smallest absolute Gasteiger partial charge is 0.238 e. The summed E-state index contributed by atoms with van der Waals surface area (Å²) in [5, 5.41) is 12.2. The lowest BCUT2D eigenvalue weighted by Gasteiger charge is -2.35. The summed E-state index contributed by atoms with van der Waals surface area (Å²) >= 11 is 0. The van der Waals surface area contributed by atoms with Gasteiger partial charge in [0.15, 0.2) is 0 Å². The Labute approximate surface area is 154 Å². The number of piperazine rings is 1. The summed E-state index contributed by atoms with van der Waals surface area (Å²) < 4.78 is 0. The Bertz CT molecular complexity index is 834. The van der Waals surface area contributed by atoms with E-state index in [-0.39, 0.29) is 5.91 Å². The van der Waals surface area contributed by atoms with Crippen LogP contribution >= 0.6 is 0 Å². The molecule has 2 aromatic rings. The molecule has 1 N–H and O–H groups in total. The quantitative estimate of drug-likeness (QED) is 0.917. The molecule has 1 saturated heterocycles. The number of nitrogens with zero attached hydrogens (tertiary/aromatic N) is 4. The zero-order valence-corrected chi connectivity index (χ0v) is 15.2.